The van der Waals surface area contributed by atoms with Crippen molar-refractivity contribution in [3.05, 3.63) is 22.7 Å². The molecule has 0 aliphatic carbocycles. The van der Waals surface area contributed by atoms with Gasteiger partial charge in [0.15, 0.2) is 12.4 Å². The zero-order chi connectivity index (χ0) is 12.6. The second-order valence-electron chi connectivity index (χ2n) is 3.81. The van der Waals surface area contributed by atoms with E-state index in [0.29, 0.717) is 0 Å². The average molecular weight is 244 g/mol. The lowest BCUT2D eigenvalue weighted by Gasteiger charge is -2.15. The topological polar surface area (TPSA) is 116 Å². The molecule has 0 amide bonds. The number of nitrogens with zero attached hydrogens (tertiary/aromatic N) is 2. The minimum Gasteiger partial charge on any atom is -0.394 e. The van der Waals surface area contributed by atoms with Crippen LogP contribution in [0.3, 0.4) is 0 Å². The summed E-state index contributed by atoms with van der Waals surface area (Å²) < 4.78 is 19.9. The number of nitrogen functional groups attached to an aromatic ring is 1. The summed E-state index contributed by atoms with van der Waals surface area (Å²) in [4.78, 5) is 15.0. The molecule has 7 nitrogen and oxygen atoms in total. The third-order valence-electron chi connectivity index (χ3n) is 2.69. The average Bonchev–Trinajstić information content (AvgIpc) is 2.57. The van der Waals surface area contributed by atoms with E-state index in [4.69, 9.17) is 21.3 Å². The highest BCUT2D eigenvalue weighted by molar-refractivity contribution is 5.23. The standard InChI is InChI=1S/C9H13FN4O3/c10-6-7(12)4(3-15)17-8(6)14-2-1-5(11)13-9(14)16/h1-2,4,6-8,15H,3,12H2,(H2,11,13,16)/t4-,6-,7-,8-/m1/s1. The van der Waals surface area contributed by atoms with E-state index in [1.165, 1.54) is 12.3 Å². The van der Waals surface area contributed by atoms with Crippen LogP contribution in [0.15, 0.2) is 17.1 Å². The quantitative estimate of drug-likeness (QED) is 0.575. The van der Waals surface area contributed by atoms with Gasteiger partial charge in [-0.25, -0.2) is 9.18 Å². The Morgan fingerprint density at radius 1 is 1.65 bits per heavy atom. The Hall–Kier alpha value is -1.51. The zero-order valence-corrected chi connectivity index (χ0v) is 8.86. The molecule has 1 fully saturated rings. The third kappa shape index (κ3) is 2.02. The Labute approximate surface area is 95.8 Å². The van der Waals surface area contributed by atoms with Gasteiger partial charge in [0.25, 0.3) is 0 Å². The molecule has 1 aliphatic heterocycles. The molecule has 0 aromatic carbocycles. The van der Waals surface area contributed by atoms with Crippen LogP contribution in [-0.2, 0) is 4.74 Å². The Morgan fingerprint density at radius 3 is 2.88 bits per heavy atom. The fourth-order valence-corrected chi connectivity index (χ4v) is 1.74. The fourth-order valence-electron chi connectivity index (χ4n) is 1.74. The molecule has 4 atom stereocenters. The van der Waals surface area contributed by atoms with Crippen molar-refractivity contribution in [2.75, 3.05) is 12.3 Å². The predicted octanol–water partition coefficient (Wildman–Crippen LogP) is -1.62. The summed E-state index contributed by atoms with van der Waals surface area (Å²) in [5.74, 6) is 0.0441. The molecule has 0 radical (unpaired) electrons. The fraction of sp³-hybridized carbons (Fsp3) is 0.556. The van der Waals surface area contributed by atoms with Crippen molar-refractivity contribution in [2.45, 2.75) is 24.5 Å². The maximum Gasteiger partial charge on any atom is 0.351 e. The van der Waals surface area contributed by atoms with Crippen LogP contribution in [0.25, 0.3) is 0 Å². The highest BCUT2D eigenvalue weighted by Crippen LogP contribution is 2.29. The van der Waals surface area contributed by atoms with Crippen LogP contribution in [0.4, 0.5) is 10.2 Å². The summed E-state index contributed by atoms with van der Waals surface area (Å²) in [6.07, 6.45) is -2.31. The number of hydrogen-bond donors (Lipinski definition) is 3. The first-order valence-electron chi connectivity index (χ1n) is 5.05. The zero-order valence-electron chi connectivity index (χ0n) is 8.86. The van der Waals surface area contributed by atoms with Crippen LogP contribution >= 0.6 is 0 Å². The van der Waals surface area contributed by atoms with Crippen molar-refractivity contribution in [2.24, 2.45) is 5.73 Å². The number of aliphatic hydroxyl groups is 1. The molecule has 1 aromatic heterocycles. The number of rotatable bonds is 2. The van der Waals surface area contributed by atoms with Crippen LogP contribution in [0, 0.1) is 0 Å². The van der Waals surface area contributed by atoms with Gasteiger partial charge in [-0.2, -0.15) is 4.98 Å². The van der Waals surface area contributed by atoms with Gasteiger partial charge in [0.2, 0.25) is 0 Å². The molecule has 17 heavy (non-hydrogen) atoms. The van der Waals surface area contributed by atoms with Gasteiger partial charge in [0.05, 0.1) is 12.6 Å². The summed E-state index contributed by atoms with van der Waals surface area (Å²) in [6, 6.07) is 0.379. The van der Waals surface area contributed by atoms with E-state index < -0.39 is 36.8 Å². The first-order chi connectivity index (χ1) is 8.04. The smallest absolute Gasteiger partial charge is 0.351 e. The van der Waals surface area contributed by atoms with Gasteiger partial charge in [-0.15, -0.1) is 0 Å². The van der Waals surface area contributed by atoms with Gasteiger partial charge in [-0.3, -0.25) is 4.57 Å². The Balaban J connectivity index is 2.32. The summed E-state index contributed by atoms with van der Waals surface area (Å²) in [5.41, 5.74) is 10.1. The highest BCUT2D eigenvalue weighted by Gasteiger charge is 2.44. The minimum atomic E-state index is -1.59. The number of hydrogen-bond acceptors (Lipinski definition) is 6. The van der Waals surface area contributed by atoms with Crippen LogP contribution in [0.2, 0.25) is 0 Å². The number of anilines is 1. The number of halogens is 1. The maximum absolute atomic E-state index is 13.8. The van der Waals surface area contributed by atoms with Crippen LogP contribution in [0.1, 0.15) is 6.23 Å². The normalized spacial score (nSPS) is 32.9. The van der Waals surface area contributed by atoms with Gasteiger partial charge < -0.3 is 21.3 Å². The highest BCUT2D eigenvalue weighted by atomic mass is 19.1. The number of nitrogens with two attached hydrogens (primary N) is 2. The molecule has 8 heteroatoms. The predicted molar refractivity (Wildman–Crippen MR) is 56.8 cm³/mol. The largest absolute Gasteiger partial charge is 0.394 e. The van der Waals surface area contributed by atoms with Crippen molar-refractivity contribution in [3.8, 4) is 0 Å². The van der Waals surface area contributed by atoms with E-state index >= 15 is 0 Å². The van der Waals surface area contributed by atoms with Crippen LogP contribution in [0.5, 0.6) is 0 Å². The van der Waals surface area contributed by atoms with Gasteiger partial charge >= 0.3 is 5.69 Å². The molecule has 1 saturated heterocycles. The van der Waals surface area contributed by atoms with E-state index in [-0.39, 0.29) is 5.82 Å². The third-order valence-corrected chi connectivity index (χ3v) is 2.69. The molecule has 0 spiro atoms. The van der Waals surface area contributed by atoms with Crippen molar-refractivity contribution in [1.29, 1.82) is 0 Å². The van der Waals surface area contributed by atoms with Crippen molar-refractivity contribution in [1.82, 2.24) is 9.55 Å². The van der Waals surface area contributed by atoms with Crippen molar-refractivity contribution < 1.29 is 14.2 Å². The summed E-state index contributed by atoms with van der Waals surface area (Å²) >= 11 is 0. The Kier molecular flexibility index (Phi) is 3.09. The van der Waals surface area contributed by atoms with E-state index in [0.717, 1.165) is 4.57 Å². The molecule has 1 aliphatic rings. The molecule has 2 heterocycles. The summed E-state index contributed by atoms with van der Waals surface area (Å²) in [7, 11) is 0. The number of ether oxygens (including phenoxy) is 1. The molecule has 0 saturated carbocycles. The van der Waals surface area contributed by atoms with Crippen LogP contribution < -0.4 is 17.2 Å². The Bertz CT molecular complexity index is 466. The number of aromatic nitrogens is 2. The minimum absolute atomic E-state index is 0.0441. The monoisotopic (exact) mass is 244 g/mol. The number of alkyl halides is 1. The SMILES string of the molecule is Nc1ccn([C@@H]2O[C@H](CO)[C@@H](N)[C@H]2F)c(=O)n1. The lowest BCUT2D eigenvalue weighted by molar-refractivity contribution is -0.0402. The molecular formula is C9H13FN4O3. The second-order valence-corrected chi connectivity index (χ2v) is 3.81. The number of aliphatic hydroxyl groups excluding tert-OH is 1. The van der Waals surface area contributed by atoms with Crippen LogP contribution in [-0.4, -0.2) is 39.6 Å². The molecule has 94 valence electrons. The molecule has 5 N–H and O–H groups in total. The van der Waals surface area contributed by atoms with Crippen molar-refractivity contribution in [3.63, 3.8) is 0 Å². The van der Waals surface area contributed by atoms with E-state index in [1.54, 1.807) is 0 Å². The van der Waals surface area contributed by atoms with E-state index in [1.807, 2.05) is 0 Å². The lowest BCUT2D eigenvalue weighted by Crippen LogP contribution is -2.39. The van der Waals surface area contributed by atoms with E-state index in [2.05, 4.69) is 4.98 Å². The first-order valence-corrected chi connectivity index (χ1v) is 5.05. The molecule has 2 rings (SSSR count). The molecular weight excluding hydrogens is 231 g/mol. The molecule has 0 unspecified atom stereocenters. The van der Waals surface area contributed by atoms with Crippen molar-refractivity contribution >= 4 is 5.82 Å². The molecule has 1 aromatic rings. The first kappa shape index (κ1) is 12.0. The second kappa shape index (κ2) is 4.40. The Morgan fingerprint density at radius 2 is 2.35 bits per heavy atom. The maximum atomic E-state index is 13.8. The summed E-state index contributed by atoms with van der Waals surface area (Å²) in [5, 5.41) is 8.94. The van der Waals surface area contributed by atoms with Gasteiger partial charge in [-0.1, -0.05) is 0 Å². The lowest BCUT2D eigenvalue weighted by atomic mass is 10.1. The van der Waals surface area contributed by atoms with Gasteiger partial charge in [0, 0.05) is 6.20 Å². The summed E-state index contributed by atoms with van der Waals surface area (Å²) in [6.45, 7) is -0.408. The van der Waals surface area contributed by atoms with E-state index in [9.17, 15) is 9.18 Å². The van der Waals surface area contributed by atoms with Gasteiger partial charge in [0.1, 0.15) is 11.9 Å². The molecule has 0 bridgehead atoms. The van der Waals surface area contributed by atoms with Gasteiger partial charge in [-0.05, 0) is 6.07 Å².